The highest BCUT2D eigenvalue weighted by Crippen LogP contribution is 2.29. The van der Waals surface area contributed by atoms with Gasteiger partial charge in [0.05, 0.1) is 16.8 Å². The van der Waals surface area contributed by atoms with Gasteiger partial charge in [-0.15, -0.1) is 0 Å². The van der Waals surface area contributed by atoms with Crippen molar-refractivity contribution in [1.29, 1.82) is 0 Å². The smallest absolute Gasteiger partial charge is 0.295 e. The topological polar surface area (TPSA) is 86.4 Å². The van der Waals surface area contributed by atoms with Crippen LogP contribution in [0.2, 0.25) is 0 Å². The Morgan fingerprint density at radius 3 is 2.43 bits per heavy atom. The van der Waals surface area contributed by atoms with Crippen molar-refractivity contribution in [2.45, 2.75) is 19.9 Å². The molecule has 176 valence electrons. The van der Waals surface area contributed by atoms with Gasteiger partial charge in [0.2, 0.25) is 0 Å². The molecule has 0 spiro atoms. The van der Waals surface area contributed by atoms with Gasteiger partial charge in [-0.05, 0) is 32.0 Å². The summed E-state index contributed by atoms with van der Waals surface area (Å²) in [6.45, 7) is 4.95. The standard InChI is InChI=1S/C28H26N4O3/c1-18-8-10-20(11-9-18)24-25-22(12-13-29-24)23(16-30-25)26(33)28(35)32-15-14-31(17-19(32)2)27(34)21-6-4-3-5-7-21/h3-13,16,19,30H,14-15,17H2,1-2H3/t19-/m1/s1. The van der Waals surface area contributed by atoms with Gasteiger partial charge >= 0.3 is 0 Å². The van der Waals surface area contributed by atoms with Crippen LogP contribution in [0.3, 0.4) is 0 Å². The van der Waals surface area contributed by atoms with Crippen LogP contribution in [-0.4, -0.2) is 63.0 Å². The van der Waals surface area contributed by atoms with Crippen molar-refractivity contribution in [3.63, 3.8) is 0 Å². The van der Waals surface area contributed by atoms with Gasteiger partial charge < -0.3 is 14.8 Å². The Bertz CT molecular complexity index is 1410. The van der Waals surface area contributed by atoms with Crippen LogP contribution in [0.5, 0.6) is 0 Å². The van der Waals surface area contributed by atoms with Crippen molar-refractivity contribution in [2.75, 3.05) is 19.6 Å². The minimum atomic E-state index is -0.563. The van der Waals surface area contributed by atoms with Crippen molar-refractivity contribution >= 4 is 28.5 Å². The van der Waals surface area contributed by atoms with Gasteiger partial charge in [-0.1, -0.05) is 48.0 Å². The summed E-state index contributed by atoms with van der Waals surface area (Å²) in [4.78, 5) is 50.3. The fourth-order valence-electron chi connectivity index (χ4n) is 4.63. The first kappa shape index (κ1) is 22.5. The molecule has 1 fully saturated rings. The highest BCUT2D eigenvalue weighted by Gasteiger charge is 2.34. The zero-order valence-electron chi connectivity index (χ0n) is 19.7. The van der Waals surface area contributed by atoms with Crippen LogP contribution in [0.25, 0.3) is 22.2 Å². The zero-order chi connectivity index (χ0) is 24.5. The number of aromatic amines is 1. The summed E-state index contributed by atoms with van der Waals surface area (Å²) >= 11 is 0. The lowest BCUT2D eigenvalue weighted by Crippen LogP contribution is -2.56. The number of hydrogen-bond donors (Lipinski definition) is 1. The molecule has 3 heterocycles. The molecule has 0 bridgehead atoms. The second-order valence-corrected chi connectivity index (χ2v) is 8.94. The molecule has 0 aliphatic carbocycles. The molecule has 2 aromatic carbocycles. The Morgan fingerprint density at radius 1 is 0.971 bits per heavy atom. The van der Waals surface area contributed by atoms with E-state index in [4.69, 9.17) is 0 Å². The number of hydrogen-bond acceptors (Lipinski definition) is 4. The number of benzene rings is 2. The number of nitrogens with one attached hydrogen (secondary N) is 1. The molecule has 1 aliphatic rings. The number of amides is 2. The molecule has 7 nitrogen and oxygen atoms in total. The maximum Gasteiger partial charge on any atom is 0.295 e. The van der Waals surface area contributed by atoms with Gasteiger partial charge in [0, 0.05) is 54.6 Å². The van der Waals surface area contributed by atoms with E-state index in [0.29, 0.717) is 36.1 Å². The zero-order valence-corrected chi connectivity index (χ0v) is 19.7. The van der Waals surface area contributed by atoms with Crippen molar-refractivity contribution in [3.05, 3.63) is 89.7 Å². The molecule has 1 saturated heterocycles. The molecule has 7 heteroatoms. The summed E-state index contributed by atoms with van der Waals surface area (Å²) in [5.74, 6) is -1.19. The number of aromatic nitrogens is 2. The number of Topliss-reactive ketones (excluding diaryl/α,β-unsaturated/α-hetero) is 1. The molecular weight excluding hydrogens is 440 g/mol. The number of carbonyl (C=O) groups excluding carboxylic acids is 3. The summed E-state index contributed by atoms with van der Waals surface area (Å²) in [6, 6.07) is 18.6. The summed E-state index contributed by atoms with van der Waals surface area (Å²) in [5, 5.41) is 0.666. The van der Waals surface area contributed by atoms with Gasteiger partial charge in [0.15, 0.2) is 0 Å². The van der Waals surface area contributed by atoms with Crippen molar-refractivity contribution in [3.8, 4) is 11.3 Å². The van der Waals surface area contributed by atoms with E-state index >= 15 is 0 Å². The Labute approximate surface area is 203 Å². The van der Waals surface area contributed by atoms with Crippen molar-refractivity contribution in [2.24, 2.45) is 0 Å². The number of ketones is 1. The van der Waals surface area contributed by atoms with E-state index in [-0.39, 0.29) is 11.9 Å². The molecule has 2 amide bonds. The molecule has 1 atom stereocenters. The van der Waals surface area contributed by atoms with Crippen LogP contribution in [0.1, 0.15) is 33.2 Å². The largest absolute Gasteiger partial charge is 0.359 e. The fraction of sp³-hybridized carbons (Fsp3) is 0.214. The number of carbonyl (C=O) groups is 3. The van der Waals surface area contributed by atoms with E-state index in [1.165, 1.54) is 0 Å². The van der Waals surface area contributed by atoms with Gasteiger partial charge in [0.25, 0.3) is 17.6 Å². The monoisotopic (exact) mass is 466 g/mol. The lowest BCUT2D eigenvalue weighted by atomic mass is 10.0. The van der Waals surface area contributed by atoms with Crippen LogP contribution in [-0.2, 0) is 4.79 Å². The molecule has 1 aliphatic heterocycles. The van der Waals surface area contributed by atoms with E-state index in [9.17, 15) is 14.4 Å². The van der Waals surface area contributed by atoms with Crippen LogP contribution < -0.4 is 0 Å². The van der Waals surface area contributed by atoms with E-state index in [1.807, 2.05) is 56.3 Å². The number of nitrogens with zero attached hydrogens (tertiary/aromatic N) is 3. The summed E-state index contributed by atoms with van der Waals surface area (Å²) < 4.78 is 0. The Hall–Kier alpha value is -4.26. The normalized spacial score (nSPS) is 15.9. The van der Waals surface area contributed by atoms with Crippen LogP contribution in [0.4, 0.5) is 0 Å². The first-order valence-corrected chi connectivity index (χ1v) is 11.7. The third kappa shape index (κ3) is 4.21. The molecule has 5 rings (SSSR count). The molecule has 1 N–H and O–H groups in total. The second-order valence-electron chi connectivity index (χ2n) is 8.94. The lowest BCUT2D eigenvalue weighted by molar-refractivity contribution is -0.130. The number of pyridine rings is 1. The van der Waals surface area contributed by atoms with Gasteiger partial charge in [-0.3, -0.25) is 19.4 Å². The SMILES string of the molecule is Cc1ccc(-c2nccc3c(C(=O)C(=O)N4CCN(C(=O)c5ccccc5)C[C@H]4C)c[nH]c23)cc1. The van der Waals surface area contributed by atoms with E-state index < -0.39 is 11.7 Å². The second kappa shape index (κ2) is 9.18. The Balaban J connectivity index is 1.35. The average molecular weight is 467 g/mol. The number of fused-ring (bicyclic) bond motifs is 1. The molecule has 4 aromatic rings. The molecule has 0 saturated carbocycles. The van der Waals surface area contributed by atoms with E-state index in [0.717, 1.165) is 22.3 Å². The number of aryl methyl sites for hydroxylation is 1. The molecular formula is C28H26N4O3. The molecule has 0 unspecified atom stereocenters. The first-order chi connectivity index (χ1) is 16.9. The van der Waals surface area contributed by atoms with Gasteiger partial charge in [0.1, 0.15) is 0 Å². The summed E-state index contributed by atoms with van der Waals surface area (Å²) in [7, 11) is 0. The van der Waals surface area contributed by atoms with E-state index in [1.54, 1.807) is 40.4 Å². The predicted molar refractivity (Wildman–Crippen MR) is 134 cm³/mol. The highest BCUT2D eigenvalue weighted by molar-refractivity contribution is 6.45. The third-order valence-corrected chi connectivity index (χ3v) is 6.56. The predicted octanol–water partition coefficient (Wildman–Crippen LogP) is 4.09. The van der Waals surface area contributed by atoms with Gasteiger partial charge in [-0.2, -0.15) is 0 Å². The van der Waals surface area contributed by atoms with Crippen molar-refractivity contribution < 1.29 is 14.4 Å². The quantitative estimate of drug-likeness (QED) is 0.363. The molecule has 35 heavy (non-hydrogen) atoms. The molecule has 0 radical (unpaired) electrons. The van der Waals surface area contributed by atoms with Gasteiger partial charge in [-0.25, -0.2) is 0 Å². The minimum Gasteiger partial charge on any atom is -0.359 e. The van der Waals surface area contributed by atoms with Crippen LogP contribution in [0, 0.1) is 6.92 Å². The minimum absolute atomic E-state index is 0.0661. The van der Waals surface area contributed by atoms with Crippen molar-refractivity contribution in [1.82, 2.24) is 19.8 Å². The molecule has 2 aromatic heterocycles. The average Bonchev–Trinajstić information content (AvgIpc) is 3.33. The van der Waals surface area contributed by atoms with Crippen LogP contribution in [0.15, 0.2) is 73.1 Å². The maximum absolute atomic E-state index is 13.3. The third-order valence-electron chi connectivity index (χ3n) is 6.56. The Kier molecular flexibility index (Phi) is 5.91. The lowest BCUT2D eigenvalue weighted by Gasteiger charge is -2.39. The highest BCUT2D eigenvalue weighted by atomic mass is 16.2. The number of rotatable bonds is 4. The fourth-order valence-corrected chi connectivity index (χ4v) is 4.63. The number of piperazine rings is 1. The van der Waals surface area contributed by atoms with E-state index in [2.05, 4.69) is 9.97 Å². The summed E-state index contributed by atoms with van der Waals surface area (Å²) in [5.41, 5.74) is 4.48. The number of H-pyrrole nitrogens is 1. The van der Waals surface area contributed by atoms with Crippen LogP contribution >= 0.6 is 0 Å². The Morgan fingerprint density at radius 2 is 1.71 bits per heavy atom. The maximum atomic E-state index is 13.3. The summed E-state index contributed by atoms with van der Waals surface area (Å²) in [6.07, 6.45) is 3.24. The first-order valence-electron chi connectivity index (χ1n) is 11.7.